The maximum atomic E-state index is 10.4. The predicted octanol–water partition coefficient (Wildman–Crippen LogP) is 3.92. The van der Waals surface area contributed by atoms with Crippen LogP contribution in [0, 0.1) is 0 Å². The molecule has 2 heteroatoms. The van der Waals surface area contributed by atoms with E-state index < -0.39 is 11.7 Å². The van der Waals surface area contributed by atoms with Crippen LogP contribution in [0.4, 0.5) is 0 Å². The Kier molecular flexibility index (Phi) is 6.02. The highest BCUT2D eigenvalue weighted by atomic mass is 16.5. The summed E-state index contributed by atoms with van der Waals surface area (Å²) in [6.45, 7) is 11.0. The molecule has 0 bridgehead atoms. The van der Waals surface area contributed by atoms with E-state index in [0.717, 1.165) is 12.0 Å². The van der Waals surface area contributed by atoms with Crippen LogP contribution in [0.1, 0.15) is 58.1 Å². The molecule has 0 aliphatic heterocycles. The number of aliphatic hydroxyl groups is 1. The fourth-order valence-electron chi connectivity index (χ4n) is 2.24. The lowest BCUT2D eigenvalue weighted by Crippen LogP contribution is -2.42. The lowest BCUT2D eigenvalue weighted by atomic mass is 9.90. The summed E-state index contributed by atoms with van der Waals surface area (Å²) in [5.74, 6) is 0.545. The fourth-order valence-corrected chi connectivity index (χ4v) is 2.24. The molecule has 0 aromatic heterocycles. The second-order valence-corrected chi connectivity index (χ2v) is 5.72. The molecule has 2 nitrogen and oxygen atoms in total. The number of rotatable bonds is 7. The lowest BCUT2D eigenvalue weighted by molar-refractivity contribution is -0.110. The molecule has 0 radical (unpaired) electrons. The van der Waals surface area contributed by atoms with Gasteiger partial charge in [-0.05, 0) is 37.3 Å². The third-order valence-electron chi connectivity index (χ3n) is 3.96. The van der Waals surface area contributed by atoms with Crippen LogP contribution >= 0.6 is 0 Å². The molecule has 1 rings (SSSR count). The van der Waals surface area contributed by atoms with E-state index >= 15 is 0 Å². The molecule has 0 fully saturated rings. The third-order valence-corrected chi connectivity index (χ3v) is 3.96. The van der Waals surface area contributed by atoms with Gasteiger partial charge in [-0.25, -0.2) is 0 Å². The Bertz CT molecular complexity index is 369. The van der Waals surface area contributed by atoms with Gasteiger partial charge in [0.1, 0.15) is 0 Å². The standard InChI is InChI=1S/C17H28O2/c1-6-17(5,19-7-2)16(18)12-14-8-10-15(11-9-14)13(3)4/h8-11,13,16,18H,6-7,12H2,1-5H3. The first kappa shape index (κ1) is 16.2. The van der Waals surface area contributed by atoms with Gasteiger partial charge in [-0.1, -0.05) is 45.0 Å². The molecule has 0 spiro atoms. The van der Waals surface area contributed by atoms with Crippen LogP contribution in [0.2, 0.25) is 0 Å². The summed E-state index contributed by atoms with van der Waals surface area (Å²) in [7, 11) is 0. The molecule has 0 saturated heterocycles. The van der Waals surface area contributed by atoms with Crippen LogP contribution in [0.25, 0.3) is 0 Å². The predicted molar refractivity (Wildman–Crippen MR) is 80.6 cm³/mol. The molecule has 1 aromatic carbocycles. The summed E-state index contributed by atoms with van der Waals surface area (Å²) in [6.07, 6.45) is 0.983. The van der Waals surface area contributed by atoms with Crippen molar-refractivity contribution in [1.82, 2.24) is 0 Å². The molecule has 2 atom stereocenters. The second kappa shape index (κ2) is 7.06. The zero-order valence-corrected chi connectivity index (χ0v) is 12.9. The molecule has 0 saturated carbocycles. The number of benzene rings is 1. The van der Waals surface area contributed by atoms with E-state index in [0.29, 0.717) is 18.9 Å². The molecule has 108 valence electrons. The first-order valence-electron chi connectivity index (χ1n) is 7.33. The van der Waals surface area contributed by atoms with Crippen LogP contribution in [-0.4, -0.2) is 23.4 Å². The van der Waals surface area contributed by atoms with E-state index in [1.807, 2.05) is 13.8 Å². The Hall–Kier alpha value is -0.860. The van der Waals surface area contributed by atoms with Gasteiger partial charge in [-0.3, -0.25) is 0 Å². The molecular formula is C17H28O2. The molecule has 0 amide bonds. The monoisotopic (exact) mass is 264 g/mol. The molecule has 0 heterocycles. The third kappa shape index (κ3) is 4.32. The van der Waals surface area contributed by atoms with E-state index in [-0.39, 0.29) is 0 Å². The highest BCUT2D eigenvalue weighted by Crippen LogP contribution is 2.24. The van der Waals surface area contributed by atoms with Crippen LogP contribution in [0.15, 0.2) is 24.3 Å². The van der Waals surface area contributed by atoms with Crippen LogP contribution in [0.5, 0.6) is 0 Å². The van der Waals surface area contributed by atoms with Crippen molar-refractivity contribution < 1.29 is 9.84 Å². The minimum Gasteiger partial charge on any atom is -0.390 e. The van der Waals surface area contributed by atoms with Gasteiger partial charge in [0.05, 0.1) is 11.7 Å². The normalized spacial score (nSPS) is 16.4. The van der Waals surface area contributed by atoms with Crippen molar-refractivity contribution in [3.8, 4) is 0 Å². The van der Waals surface area contributed by atoms with Gasteiger partial charge in [0.2, 0.25) is 0 Å². The Balaban J connectivity index is 2.72. The van der Waals surface area contributed by atoms with E-state index in [1.165, 1.54) is 5.56 Å². The number of ether oxygens (including phenoxy) is 1. The molecule has 1 N–H and O–H groups in total. The van der Waals surface area contributed by atoms with Gasteiger partial charge < -0.3 is 9.84 Å². The van der Waals surface area contributed by atoms with Crippen molar-refractivity contribution in [2.75, 3.05) is 6.61 Å². The van der Waals surface area contributed by atoms with Crippen molar-refractivity contribution in [2.24, 2.45) is 0 Å². The van der Waals surface area contributed by atoms with E-state index in [1.54, 1.807) is 0 Å². The van der Waals surface area contributed by atoms with Crippen molar-refractivity contribution in [3.05, 3.63) is 35.4 Å². The summed E-state index contributed by atoms with van der Waals surface area (Å²) >= 11 is 0. The Labute approximate surface area is 117 Å². The zero-order chi connectivity index (χ0) is 14.5. The van der Waals surface area contributed by atoms with Gasteiger partial charge in [0, 0.05) is 13.0 Å². The molecule has 1 aromatic rings. The SMILES string of the molecule is CCOC(C)(CC)C(O)Cc1ccc(C(C)C)cc1. The fraction of sp³-hybridized carbons (Fsp3) is 0.647. The Morgan fingerprint density at radius 2 is 1.74 bits per heavy atom. The number of hydrogen-bond donors (Lipinski definition) is 1. The van der Waals surface area contributed by atoms with Gasteiger partial charge >= 0.3 is 0 Å². The largest absolute Gasteiger partial charge is 0.390 e. The highest BCUT2D eigenvalue weighted by Gasteiger charge is 2.31. The summed E-state index contributed by atoms with van der Waals surface area (Å²) in [4.78, 5) is 0. The van der Waals surface area contributed by atoms with Crippen molar-refractivity contribution >= 4 is 0 Å². The summed E-state index contributed by atoms with van der Waals surface area (Å²) in [6, 6.07) is 8.52. The first-order chi connectivity index (χ1) is 8.92. The maximum absolute atomic E-state index is 10.4. The molecule has 19 heavy (non-hydrogen) atoms. The van der Waals surface area contributed by atoms with Crippen LogP contribution in [-0.2, 0) is 11.2 Å². The minimum atomic E-state index is -0.470. The smallest absolute Gasteiger partial charge is 0.0912 e. The summed E-state index contributed by atoms with van der Waals surface area (Å²) in [5.41, 5.74) is 2.04. The topological polar surface area (TPSA) is 29.5 Å². The van der Waals surface area contributed by atoms with E-state index in [4.69, 9.17) is 4.74 Å². The van der Waals surface area contributed by atoms with Crippen molar-refractivity contribution in [3.63, 3.8) is 0 Å². The Morgan fingerprint density at radius 1 is 1.16 bits per heavy atom. The van der Waals surface area contributed by atoms with Crippen LogP contribution in [0.3, 0.4) is 0 Å². The van der Waals surface area contributed by atoms with Crippen LogP contribution < -0.4 is 0 Å². The zero-order valence-electron chi connectivity index (χ0n) is 12.9. The highest BCUT2D eigenvalue weighted by molar-refractivity contribution is 5.25. The molecule has 0 aliphatic rings. The van der Waals surface area contributed by atoms with Crippen molar-refractivity contribution in [2.45, 2.75) is 65.1 Å². The Morgan fingerprint density at radius 3 is 2.16 bits per heavy atom. The van der Waals surface area contributed by atoms with Gasteiger partial charge in [0.25, 0.3) is 0 Å². The van der Waals surface area contributed by atoms with Crippen molar-refractivity contribution in [1.29, 1.82) is 0 Å². The van der Waals surface area contributed by atoms with Gasteiger partial charge in [-0.15, -0.1) is 0 Å². The minimum absolute atomic E-state index is 0.453. The number of hydrogen-bond acceptors (Lipinski definition) is 2. The maximum Gasteiger partial charge on any atom is 0.0912 e. The second-order valence-electron chi connectivity index (χ2n) is 5.72. The number of aliphatic hydroxyl groups excluding tert-OH is 1. The van der Waals surface area contributed by atoms with Gasteiger partial charge in [-0.2, -0.15) is 0 Å². The van der Waals surface area contributed by atoms with Gasteiger partial charge in [0.15, 0.2) is 0 Å². The molecular weight excluding hydrogens is 236 g/mol. The quantitative estimate of drug-likeness (QED) is 0.809. The summed E-state index contributed by atoms with van der Waals surface area (Å²) in [5, 5.41) is 10.4. The van der Waals surface area contributed by atoms with E-state index in [2.05, 4.69) is 45.0 Å². The first-order valence-corrected chi connectivity index (χ1v) is 7.33. The molecule has 0 aliphatic carbocycles. The molecule has 2 unspecified atom stereocenters. The average molecular weight is 264 g/mol. The summed E-state index contributed by atoms with van der Waals surface area (Å²) < 4.78 is 5.72. The van der Waals surface area contributed by atoms with E-state index in [9.17, 15) is 5.11 Å². The average Bonchev–Trinajstić information content (AvgIpc) is 2.39. The lowest BCUT2D eigenvalue weighted by Gasteiger charge is -2.33.